The molecule has 0 bridgehead atoms. The first-order valence-corrected chi connectivity index (χ1v) is 17.5. The van der Waals surface area contributed by atoms with Gasteiger partial charge >= 0.3 is 5.97 Å². The Bertz CT molecular complexity index is 1250. The van der Waals surface area contributed by atoms with Crippen LogP contribution in [0.1, 0.15) is 99.8 Å². The van der Waals surface area contributed by atoms with Gasteiger partial charge in [0.05, 0.1) is 30.3 Å². The minimum Gasteiger partial charge on any atom is -0.481 e. The van der Waals surface area contributed by atoms with E-state index >= 15 is 0 Å². The van der Waals surface area contributed by atoms with Crippen molar-refractivity contribution >= 4 is 5.97 Å². The molecule has 46 heavy (non-hydrogen) atoms. The van der Waals surface area contributed by atoms with E-state index in [0.29, 0.717) is 25.7 Å². The van der Waals surface area contributed by atoms with E-state index in [-0.39, 0.29) is 33.5 Å². The molecule has 3 unspecified atom stereocenters. The van der Waals surface area contributed by atoms with E-state index in [9.17, 15) is 40.5 Å². The molecule has 10 nitrogen and oxygen atoms in total. The quantitative estimate of drug-likeness (QED) is 0.177. The minimum absolute atomic E-state index is 0.135. The van der Waals surface area contributed by atoms with Crippen molar-refractivity contribution in [1.29, 1.82) is 0 Å². The van der Waals surface area contributed by atoms with Gasteiger partial charge in [0.2, 0.25) is 0 Å². The molecular weight excluding hydrogens is 592 g/mol. The molecule has 1 aliphatic heterocycles. The van der Waals surface area contributed by atoms with Crippen molar-refractivity contribution in [2.45, 2.75) is 149 Å². The number of carboxylic acid groups (broad SMARTS) is 1. The molecule has 0 spiro atoms. The number of allylic oxidation sites excluding steroid dienone is 1. The molecule has 5 aliphatic carbocycles. The number of hydrogen-bond acceptors (Lipinski definition) is 9. The fourth-order valence-electron chi connectivity index (χ4n) is 12.3. The molecule has 262 valence electrons. The Morgan fingerprint density at radius 2 is 1.54 bits per heavy atom. The van der Waals surface area contributed by atoms with E-state index in [4.69, 9.17) is 9.47 Å². The maximum Gasteiger partial charge on any atom is 0.310 e. The predicted octanol–water partition coefficient (Wildman–Crippen LogP) is 3.00. The van der Waals surface area contributed by atoms with Crippen molar-refractivity contribution < 1.29 is 50.0 Å². The number of aliphatic carboxylic acids is 1. The van der Waals surface area contributed by atoms with Crippen LogP contribution < -0.4 is 0 Å². The number of fused-ring (bicyclic) bond motifs is 7. The smallest absolute Gasteiger partial charge is 0.310 e. The third-order valence-corrected chi connectivity index (χ3v) is 15.3. The van der Waals surface area contributed by atoms with Gasteiger partial charge in [-0.2, -0.15) is 0 Å². The Hall–Kier alpha value is -1.11. The average Bonchev–Trinajstić information content (AvgIpc) is 2.97. The van der Waals surface area contributed by atoms with Crippen LogP contribution in [0.15, 0.2) is 11.6 Å². The molecule has 0 aromatic heterocycles. The van der Waals surface area contributed by atoms with Gasteiger partial charge in [0, 0.05) is 5.92 Å². The Morgan fingerprint density at radius 1 is 0.891 bits per heavy atom. The van der Waals surface area contributed by atoms with Crippen LogP contribution in [0.2, 0.25) is 0 Å². The molecule has 7 N–H and O–H groups in total. The van der Waals surface area contributed by atoms with Crippen LogP contribution in [0.25, 0.3) is 0 Å². The average molecular weight is 651 g/mol. The van der Waals surface area contributed by atoms with Crippen LogP contribution in [0.5, 0.6) is 0 Å². The lowest BCUT2D eigenvalue weighted by atomic mass is 9.33. The number of aliphatic hydroxyl groups is 6. The van der Waals surface area contributed by atoms with Crippen LogP contribution in [-0.4, -0.2) is 97.3 Å². The second-order valence-electron chi connectivity index (χ2n) is 18.0. The van der Waals surface area contributed by atoms with Gasteiger partial charge in [0.15, 0.2) is 6.29 Å². The molecule has 0 radical (unpaired) electrons. The van der Waals surface area contributed by atoms with Crippen molar-refractivity contribution in [3.05, 3.63) is 11.6 Å². The highest BCUT2D eigenvalue weighted by Crippen LogP contribution is 2.76. The standard InChI is InChI=1S/C36H58O10/c1-31(2)12-14-36(30(43)44)15-13-34(6)18(23(36)27(31)42)8-9-22-33(5)16-19(38)28(32(3,4)21(33)10-11-35(22,34)7)46-29-26(41)25(40)24(39)20(17-37)45-29/h8,19-29,37-42H,9-17H2,1-7H3,(H,43,44)/t19?,20-,21+,22-,23-,24+,25+,26-,27?,28?,29+,33+,34-,35-,36+/m1/s1. The number of hydrogen-bond donors (Lipinski definition) is 7. The van der Waals surface area contributed by atoms with E-state index in [0.717, 1.165) is 31.3 Å². The normalized spacial score (nSPS) is 54.4. The summed E-state index contributed by atoms with van der Waals surface area (Å²) < 4.78 is 12.0. The Morgan fingerprint density at radius 3 is 2.17 bits per heavy atom. The van der Waals surface area contributed by atoms with Crippen LogP contribution in [0.3, 0.4) is 0 Å². The highest BCUT2D eigenvalue weighted by atomic mass is 16.7. The highest BCUT2D eigenvalue weighted by molar-refractivity contribution is 5.77. The van der Waals surface area contributed by atoms with Gasteiger partial charge in [-0.05, 0) is 90.3 Å². The summed E-state index contributed by atoms with van der Waals surface area (Å²) in [5, 5.41) is 75.4. The van der Waals surface area contributed by atoms with Gasteiger partial charge in [-0.3, -0.25) is 4.79 Å². The van der Waals surface area contributed by atoms with Crippen molar-refractivity contribution in [2.75, 3.05) is 6.61 Å². The molecule has 5 fully saturated rings. The van der Waals surface area contributed by atoms with Gasteiger partial charge in [-0.15, -0.1) is 0 Å². The van der Waals surface area contributed by atoms with Crippen LogP contribution in [0, 0.1) is 50.2 Å². The predicted molar refractivity (Wildman–Crippen MR) is 168 cm³/mol. The molecule has 1 saturated heterocycles. The molecule has 15 atom stereocenters. The van der Waals surface area contributed by atoms with Gasteiger partial charge in [-0.25, -0.2) is 0 Å². The zero-order chi connectivity index (χ0) is 34.0. The third-order valence-electron chi connectivity index (χ3n) is 15.3. The zero-order valence-electron chi connectivity index (χ0n) is 28.6. The van der Waals surface area contributed by atoms with E-state index in [2.05, 4.69) is 54.5 Å². The molecule has 10 heteroatoms. The summed E-state index contributed by atoms with van der Waals surface area (Å²) in [6.07, 6.45) is -1.61. The molecule has 4 saturated carbocycles. The maximum atomic E-state index is 13.0. The number of carbonyl (C=O) groups is 1. The van der Waals surface area contributed by atoms with Crippen LogP contribution >= 0.6 is 0 Å². The summed E-state index contributed by atoms with van der Waals surface area (Å²) in [6, 6.07) is 0. The Kier molecular flexibility index (Phi) is 8.27. The Balaban J connectivity index is 1.33. The van der Waals surface area contributed by atoms with Crippen molar-refractivity contribution in [3.63, 3.8) is 0 Å². The summed E-state index contributed by atoms with van der Waals surface area (Å²) in [5.74, 6) is -0.891. The van der Waals surface area contributed by atoms with E-state index in [1.54, 1.807) is 0 Å². The zero-order valence-corrected chi connectivity index (χ0v) is 28.6. The molecule has 6 rings (SSSR count). The van der Waals surface area contributed by atoms with E-state index in [1.807, 2.05) is 0 Å². The fraction of sp³-hybridized carbons (Fsp3) is 0.917. The summed E-state index contributed by atoms with van der Waals surface area (Å²) in [6.45, 7) is 14.7. The van der Waals surface area contributed by atoms with Gasteiger partial charge in [0.25, 0.3) is 0 Å². The fourth-order valence-corrected chi connectivity index (χ4v) is 12.3. The number of aliphatic hydroxyl groups excluding tert-OH is 6. The first-order chi connectivity index (χ1) is 21.2. The van der Waals surface area contributed by atoms with Gasteiger partial charge in [-0.1, -0.05) is 60.1 Å². The summed E-state index contributed by atoms with van der Waals surface area (Å²) in [4.78, 5) is 13.0. The van der Waals surface area contributed by atoms with Crippen LogP contribution in [0.4, 0.5) is 0 Å². The lowest BCUT2D eigenvalue weighted by Gasteiger charge is -2.72. The Labute approximate surface area is 273 Å². The van der Waals surface area contributed by atoms with Crippen LogP contribution in [-0.2, 0) is 14.3 Å². The molecule has 0 aromatic rings. The third kappa shape index (κ3) is 4.46. The van der Waals surface area contributed by atoms with Gasteiger partial charge in [0.1, 0.15) is 24.4 Å². The van der Waals surface area contributed by atoms with E-state index < -0.39 is 78.3 Å². The largest absolute Gasteiger partial charge is 0.481 e. The highest BCUT2D eigenvalue weighted by Gasteiger charge is 2.71. The lowest BCUT2D eigenvalue weighted by molar-refractivity contribution is -0.341. The molecule has 1 heterocycles. The number of rotatable bonds is 4. The molecule has 0 amide bonds. The van der Waals surface area contributed by atoms with Crippen molar-refractivity contribution in [2.24, 2.45) is 50.2 Å². The monoisotopic (exact) mass is 650 g/mol. The number of carboxylic acids is 1. The molecule has 6 aliphatic rings. The van der Waals surface area contributed by atoms with Gasteiger partial charge < -0.3 is 45.2 Å². The second-order valence-corrected chi connectivity index (χ2v) is 18.0. The molecular formula is C36H58O10. The number of ether oxygens (including phenoxy) is 2. The SMILES string of the molecule is CC1(C)CC[C@]2(C(=O)O)CC[C@]3(C)C(=CC[C@@H]4[C@@]5(C)CC(O)C(O[C@@H]6O[C@H](CO)[C@H](O)[C@H](O)[C@H]6O)C(C)(C)[C@@H]5CC[C@]43C)[C@@H]2C1O. The lowest BCUT2D eigenvalue weighted by Crippen LogP contribution is -2.69. The summed E-state index contributed by atoms with van der Waals surface area (Å²) in [5.41, 5.74) is -1.55. The topological polar surface area (TPSA) is 177 Å². The summed E-state index contributed by atoms with van der Waals surface area (Å²) in [7, 11) is 0. The maximum absolute atomic E-state index is 13.0. The minimum atomic E-state index is -1.56. The van der Waals surface area contributed by atoms with Crippen molar-refractivity contribution in [1.82, 2.24) is 0 Å². The van der Waals surface area contributed by atoms with E-state index in [1.165, 1.54) is 0 Å². The first-order valence-electron chi connectivity index (χ1n) is 17.5. The first kappa shape index (κ1) is 34.7. The molecule has 0 aromatic carbocycles. The van der Waals surface area contributed by atoms with Crippen molar-refractivity contribution in [3.8, 4) is 0 Å². The second kappa shape index (κ2) is 10.9. The summed E-state index contributed by atoms with van der Waals surface area (Å²) >= 11 is 0.